The van der Waals surface area contributed by atoms with Crippen molar-refractivity contribution in [1.82, 2.24) is 9.78 Å². The normalized spacial score (nSPS) is 14.4. The van der Waals surface area contributed by atoms with Gasteiger partial charge in [0.05, 0.1) is 11.8 Å². The fourth-order valence-electron chi connectivity index (χ4n) is 1.50. The molecule has 14 heavy (non-hydrogen) atoms. The van der Waals surface area contributed by atoms with Crippen molar-refractivity contribution in [3.8, 4) is 0 Å². The van der Waals surface area contributed by atoms with E-state index in [1.165, 1.54) is 0 Å². The Hall–Kier alpha value is -0.830. The first kappa shape index (κ1) is 11.2. The molecule has 1 N–H and O–H groups in total. The summed E-state index contributed by atoms with van der Waals surface area (Å²) >= 11 is 0. The molecule has 1 aromatic heterocycles. The number of hydrogen-bond acceptors (Lipinski definition) is 2. The molecule has 0 aliphatic carbocycles. The van der Waals surface area contributed by atoms with Crippen LogP contribution in [0.1, 0.15) is 44.6 Å². The molecule has 0 aliphatic rings. The smallest absolute Gasteiger partial charge is 0.0873 e. The van der Waals surface area contributed by atoms with Crippen molar-refractivity contribution in [3.63, 3.8) is 0 Å². The Morgan fingerprint density at radius 1 is 1.57 bits per heavy atom. The molecule has 0 saturated carbocycles. The van der Waals surface area contributed by atoms with Crippen LogP contribution in [0.25, 0.3) is 0 Å². The van der Waals surface area contributed by atoms with Crippen molar-refractivity contribution >= 4 is 0 Å². The average Bonchev–Trinajstić information content (AvgIpc) is 2.44. The third-order valence-corrected chi connectivity index (χ3v) is 3.00. The highest BCUT2D eigenvalue weighted by atomic mass is 16.3. The second-order valence-electron chi connectivity index (χ2n) is 4.59. The van der Waals surface area contributed by atoms with E-state index in [-0.39, 0.29) is 5.41 Å². The van der Waals surface area contributed by atoms with E-state index >= 15 is 0 Å². The van der Waals surface area contributed by atoms with E-state index in [2.05, 4.69) is 25.9 Å². The lowest BCUT2D eigenvalue weighted by Crippen LogP contribution is -2.21. The predicted molar refractivity (Wildman–Crippen MR) is 57.0 cm³/mol. The maximum Gasteiger partial charge on any atom is 0.0873 e. The van der Waals surface area contributed by atoms with Crippen LogP contribution in [0.15, 0.2) is 6.20 Å². The molecule has 1 rings (SSSR count). The Labute approximate surface area is 85.8 Å². The molecule has 0 radical (unpaired) electrons. The standard InChI is InChI=1S/C11H20N2O/c1-6-11(3,4)10(14)9-7-13(5)12-8(9)2/h7,10,14H,6H2,1-5H3. The molecule has 1 atom stereocenters. The molecule has 0 amide bonds. The number of hydrogen-bond donors (Lipinski definition) is 1. The summed E-state index contributed by atoms with van der Waals surface area (Å²) in [5.41, 5.74) is 1.77. The number of nitrogens with zero attached hydrogens (tertiary/aromatic N) is 2. The number of aromatic nitrogens is 2. The molecule has 3 heteroatoms. The summed E-state index contributed by atoms with van der Waals surface area (Å²) in [6.45, 7) is 8.17. The zero-order chi connectivity index (χ0) is 10.9. The summed E-state index contributed by atoms with van der Waals surface area (Å²) in [6.07, 6.45) is 2.42. The van der Waals surface area contributed by atoms with Crippen molar-refractivity contribution in [3.05, 3.63) is 17.5 Å². The SMILES string of the molecule is CCC(C)(C)C(O)c1cn(C)nc1C. The molecule has 0 aromatic carbocycles. The van der Waals surface area contributed by atoms with Crippen LogP contribution >= 0.6 is 0 Å². The summed E-state index contributed by atoms with van der Waals surface area (Å²) < 4.78 is 1.75. The van der Waals surface area contributed by atoms with E-state index in [4.69, 9.17) is 0 Å². The molecule has 3 nitrogen and oxygen atoms in total. The highest BCUT2D eigenvalue weighted by molar-refractivity contribution is 5.20. The molecule has 80 valence electrons. The molecular formula is C11H20N2O. The third-order valence-electron chi connectivity index (χ3n) is 3.00. The van der Waals surface area contributed by atoms with Gasteiger partial charge in [0.15, 0.2) is 0 Å². The van der Waals surface area contributed by atoms with Gasteiger partial charge in [-0.25, -0.2) is 0 Å². The zero-order valence-electron chi connectivity index (χ0n) is 9.70. The molecule has 1 unspecified atom stereocenters. The Balaban J connectivity index is 3.00. The van der Waals surface area contributed by atoms with Gasteiger partial charge >= 0.3 is 0 Å². The van der Waals surface area contributed by atoms with Crippen LogP contribution in [-0.2, 0) is 7.05 Å². The minimum absolute atomic E-state index is 0.0895. The zero-order valence-corrected chi connectivity index (χ0v) is 9.70. The maximum atomic E-state index is 10.2. The van der Waals surface area contributed by atoms with Gasteiger partial charge in [-0.05, 0) is 18.8 Å². The largest absolute Gasteiger partial charge is 0.388 e. The molecule has 0 aliphatic heterocycles. The van der Waals surface area contributed by atoms with E-state index in [9.17, 15) is 5.11 Å². The van der Waals surface area contributed by atoms with Crippen LogP contribution in [0.4, 0.5) is 0 Å². The van der Waals surface area contributed by atoms with Gasteiger partial charge in [-0.15, -0.1) is 0 Å². The fourth-order valence-corrected chi connectivity index (χ4v) is 1.50. The van der Waals surface area contributed by atoms with Crippen molar-refractivity contribution < 1.29 is 5.11 Å². The number of aryl methyl sites for hydroxylation is 2. The number of rotatable bonds is 3. The van der Waals surface area contributed by atoms with Crippen LogP contribution in [0.5, 0.6) is 0 Å². The van der Waals surface area contributed by atoms with Gasteiger partial charge in [0, 0.05) is 18.8 Å². The molecule has 1 aromatic rings. The lowest BCUT2D eigenvalue weighted by molar-refractivity contribution is 0.0460. The fraction of sp³-hybridized carbons (Fsp3) is 0.727. The molecule has 0 spiro atoms. The molecule has 1 heterocycles. The average molecular weight is 196 g/mol. The van der Waals surface area contributed by atoms with Crippen molar-refractivity contribution in [2.75, 3.05) is 0 Å². The first-order valence-electron chi connectivity index (χ1n) is 5.06. The maximum absolute atomic E-state index is 10.2. The minimum atomic E-state index is -0.429. The summed E-state index contributed by atoms with van der Waals surface area (Å²) in [5, 5.41) is 14.4. The van der Waals surface area contributed by atoms with E-state index < -0.39 is 6.10 Å². The molecular weight excluding hydrogens is 176 g/mol. The van der Waals surface area contributed by atoms with Crippen LogP contribution in [-0.4, -0.2) is 14.9 Å². The van der Waals surface area contributed by atoms with E-state index in [0.29, 0.717) is 0 Å². The second-order valence-corrected chi connectivity index (χ2v) is 4.59. The Kier molecular flexibility index (Phi) is 3.00. The lowest BCUT2D eigenvalue weighted by atomic mass is 9.80. The monoisotopic (exact) mass is 196 g/mol. The van der Waals surface area contributed by atoms with E-state index in [1.807, 2.05) is 20.2 Å². The number of aliphatic hydroxyl groups is 1. The van der Waals surface area contributed by atoms with E-state index in [0.717, 1.165) is 17.7 Å². The van der Waals surface area contributed by atoms with Gasteiger partial charge in [-0.2, -0.15) is 5.10 Å². The van der Waals surface area contributed by atoms with Crippen molar-refractivity contribution in [1.29, 1.82) is 0 Å². The van der Waals surface area contributed by atoms with Crippen LogP contribution in [0, 0.1) is 12.3 Å². The Bertz CT molecular complexity index is 315. The van der Waals surface area contributed by atoms with Gasteiger partial charge < -0.3 is 5.11 Å². The molecule has 0 bridgehead atoms. The highest BCUT2D eigenvalue weighted by Gasteiger charge is 2.29. The summed E-state index contributed by atoms with van der Waals surface area (Å²) in [6, 6.07) is 0. The van der Waals surface area contributed by atoms with Gasteiger partial charge in [-0.3, -0.25) is 4.68 Å². The summed E-state index contributed by atoms with van der Waals surface area (Å²) in [4.78, 5) is 0. The Morgan fingerprint density at radius 2 is 2.14 bits per heavy atom. The van der Waals surface area contributed by atoms with Gasteiger partial charge in [0.1, 0.15) is 0 Å². The minimum Gasteiger partial charge on any atom is -0.388 e. The summed E-state index contributed by atoms with van der Waals surface area (Å²) in [7, 11) is 1.88. The molecule has 0 fully saturated rings. The van der Waals surface area contributed by atoms with Crippen molar-refractivity contribution in [2.45, 2.75) is 40.2 Å². The number of aliphatic hydroxyl groups excluding tert-OH is 1. The quantitative estimate of drug-likeness (QED) is 0.804. The van der Waals surface area contributed by atoms with Gasteiger partial charge in [0.2, 0.25) is 0 Å². The van der Waals surface area contributed by atoms with Gasteiger partial charge in [0.25, 0.3) is 0 Å². The van der Waals surface area contributed by atoms with Crippen LogP contribution in [0.3, 0.4) is 0 Å². The van der Waals surface area contributed by atoms with Gasteiger partial charge in [-0.1, -0.05) is 20.8 Å². The first-order valence-corrected chi connectivity index (χ1v) is 5.06. The molecule has 0 saturated heterocycles. The highest BCUT2D eigenvalue weighted by Crippen LogP contribution is 2.36. The van der Waals surface area contributed by atoms with Crippen LogP contribution < -0.4 is 0 Å². The third kappa shape index (κ3) is 1.98. The second kappa shape index (κ2) is 3.73. The van der Waals surface area contributed by atoms with E-state index in [1.54, 1.807) is 4.68 Å². The Morgan fingerprint density at radius 3 is 2.50 bits per heavy atom. The summed E-state index contributed by atoms with van der Waals surface area (Å²) in [5.74, 6) is 0. The predicted octanol–water partition coefficient (Wildman–Crippen LogP) is 2.20. The van der Waals surface area contributed by atoms with Crippen molar-refractivity contribution in [2.24, 2.45) is 12.5 Å². The topological polar surface area (TPSA) is 38.0 Å². The first-order chi connectivity index (χ1) is 6.38. The lowest BCUT2D eigenvalue weighted by Gasteiger charge is -2.28. The van der Waals surface area contributed by atoms with Crippen LogP contribution in [0.2, 0.25) is 0 Å².